The predicted molar refractivity (Wildman–Crippen MR) is 62.3 cm³/mol. The predicted octanol–water partition coefficient (Wildman–Crippen LogP) is 2.27. The Hall–Kier alpha value is -2.06. The van der Waals surface area contributed by atoms with E-state index in [1.165, 1.54) is 12.1 Å². The van der Waals surface area contributed by atoms with Gasteiger partial charge < -0.3 is 5.11 Å². The highest BCUT2D eigenvalue weighted by Crippen LogP contribution is 2.19. The van der Waals surface area contributed by atoms with E-state index in [4.69, 9.17) is 16.7 Å². The summed E-state index contributed by atoms with van der Waals surface area (Å²) in [7, 11) is 0. The van der Waals surface area contributed by atoms with Gasteiger partial charge >= 0.3 is 5.97 Å². The van der Waals surface area contributed by atoms with Crippen LogP contribution in [0.5, 0.6) is 0 Å². The Morgan fingerprint density at radius 2 is 2.24 bits per heavy atom. The van der Waals surface area contributed by atoms with Crippen LogP contribution in [0.2, 0.25) is 0 Å². The maximum absolute atomic E-state index is 10.7. The molecule has 0 atom stereocenters. The molecule has 1 aromatic rings. The second-order valence-electron chi connectivity index (χ2n) is 3.03. The molecule has 0 aliphatic rings. The van der Waals surface area contributed by atoms with Gasteiger partial charge in [0.1, 0.15) is 5.56 Å². The number of rotatable bonds is 3. The number of hydrogen-bond donors (Lipinski definition) is 1. The Labute approximate surface area is 102 Å². The monoisotopic (exact) mass is 253 g/mol. The van der Waals surface area contributed by atoms with Gasteiger partial charge in [-0.1, -0.05) is 11.8 Å². The van der Waals surface area contributed by atoms with Crippen LogP contribution in [0.4, 0.5) is 5.69 Å². The molecule has 1 N–H and O–H groups in total. The van der Waals surface area contributed by atoms with Gasteiger partial charge in [-0.05, 0) is 12.1 Å². The van der Waals surface area contributed by atoms with Crippen molar-refractivity contribution in [2.24, 2.45) is 0 Å². The van der Waals surface area contributed by atoms with Crippen molar-refractivity contribution in [2.45, 2.75) is 6.42 Å². The van der Waals surface area contributed by atoms with Gasteiger partial charge in [0.15, 0.2) is 0 Å². The fourth-order valence-corrected chi connectivity index (χ4v) is 1.22. The Morgan fingerprint density at radius 1 is 1.53 bits per heavy atom. The number of alkyl halides is 1. The summed E-state index contributed by atoms with van der Waals surface area (Å²) in [5, 5.41) is 19.5. The number of aromatic carboxylic acids is 1. The van der Waals surface area contributed by atoms with Crippen LogP contribution < -0.4 is 0 Å². The Bertz CT molecular complexity index is 516. The number of nitrogens with zero attached hydrogens (tertiary/aromatic N) is 1. The van der Waals surface area contributed by atoms with Crippen LogP contribution in [0.3, 0.4) is 0 Å². The van der Waals surface area contributed by atoms with Gasteiger partial charge in [0.25, 0.3) is 5.69 Å². The third-order valence-corrected chi connectivity index (χ3v) is 2.07. The molecule has 0 spiro atoms. The van der Waals surface area contributed by atoms with Gasteiger partial charge in [-0.2, -0.15) is 0 Å². The summed E-state index contributed by atoms with van der Waals surface area (Å²) < 4.78 is 0. The van der Waals surface area contributed by atoms with Crippen LogP contribution in [0, 0.1) is 22.0 Å². The third-order valence-electron chi connectivity index (χ3n) is 1.88. The molecule has 0 saturated carbocycles. The lowest BCUT2D eigenvalue weighted by Crippen LogP contribution is -1.99. The topological polar surface area (TPSA) is 80.4 Å². The average Bonchev–Trinajstić information content (AvgIpc) is 2.29. The molecule has 0 unspecified atom stereocenters. The van der Waals surface area contributed by atoms with Gasteiger partial charge in [-0.25, -0.2) is 4.79 Å². The first-order valence-corrected chi connectivity index (χ1v) is 5.16. The zero-order chi connectivity index (χ0) is 12.8. The highest BCUT2D eigenvalue weighted by Gasteiger charge is 2.15. The largest absolute Gasteiger partial charge is 0.478 e. The van der Waals surface area contributed by atoms with Gasteiger partial charge in [0, 0.05) is 18.4 Å². The van der Waals surface area contributed by atoms with Gasteiger partial charge in [-0.3, -0.25) is 10.1 Å². The van der Waals surface area contributed by atoms with Crippen molar-refractivity contribution < 1.29 is 14.8 Å². The molecule has 1 rings (SSSR count). The van der Waals surface area contributed by atoms with E-state index in [1.54, 1.807) is 0 Å². The van der Waals surface area contributed by atoms with Crippen molar-refractivity contribution in [3.63, 3.8) is 0 Å². The summed E-state index contributed by atoms with van der Waals surface area (Å²) in [6.07, 6.45) is 0.416. The molecule has 17 heavy (non-hydrogen) atoms. The van der Waals surface area contributed by atoms with E-state index < -0.39 is 10.9 Å². The van der Waals surface area contributed by atoms with Gasteiger partial charge in [0.2, 0.25) is 0 Å². The van der Waals surface area contributed by atoms with E-state index in [9.17, 15) is 14.9 Å². The maximum atomic E-state index is 10.7. The highest BCUT2D eigenvalue weighted by molar-refractivity contribution is 6.18. The Kier molecular flexibility index (Phi) is 4.49. The summed E-state index contributed by atoms with van der Waals surface area (Å²) in [6.45, 7) is 0. The van der Waals surface area contributed by atoms with Crippen molar-refractivity contribution in [3.05, 3.63) is 39.4 Å². The Balaban J connectivity index is 3.19. The van der Waals surface area contributed by atoms with E-state index >= 15 is 0 Å². The fourth-order valence-electron chi connectivity index (χ4n) is 1.13. The molecule has 0 fully saturated rings. The minimum absolute atomic E-state index is 0.139. The van der Waals surface area contributed by atoms with Crippen molar-refractivity contribution in [2.75, 3.05) is 5.88 Å². The summed E-state index contributed by atoms with van der Waals surface area (Å²) in [5.41, 5.74) is -0.267. The third kappa shape index (κ3) is 3.47. The summed E-state index contributed by atoms with van der Waals surface area (Å²) in [4.78, 5) is 20.8. The van der Waals surface area contributed by atoms with Crippen LogP contribution >= 0.6 is 11.6 Å². The highest BCUT2D eigenvalue weighted by atomic mass is 35.5. The van der Waals surface area contributed by atoms with Crippen LogP contribution in [-0.4, -0.2) is 21.9 Å². The second kappa shape index (κ2) is 5.87. The zero-order valence-electron chi connectivity index (χ0n) is 8.64. The SMILES string of the molecule is O=C(O)c1ccc(C#CCCCl)c([N+](=O)[O-])c1. The smallest absolute Gasteiger partial charge is 0.335 e. The normalized spacial score (nSPS) is 9.24. The lowest BCUT2D eigenvalue weighted by Gasteiger charge is -1.97. The van der Waals surface area contributed by atoms with Crippen LogP contribution in [0.15, 0.2) is 18.2 Å². The standard InChI is InChI=1S/C11H8ClNO4/c12-6-2-1-3-8-4-5-9(11(14)15)7-10(8)13(16)17/h4-5,7H,2,6H2,(H,14,15). The number of nitro benzene ring substituents is 1. The van der Waals surface area contributed by atoms with Crippen LogP contribution in [0.25, 0.3) is 0 Å². The van der Waals surface area contributed by atoms with Crippen molar-refractivity contribution in [1.29, 1.82) is 0 Å². The minimum Gasteiger partial charge on any atom is -0.478 e. The first-order chi connectivity index (χ1) is 8.06. The van der Waals surface area contributed by atoms with Crippen LogP contribution in [-0.2, 0) is 0 Å². The molecule has 0 radical (unpaired) electrons. The number of halogens is 1. The lowest BCUT2D eigenvalue weighted by atomic mass is 10.1. The molecule has 0 saturated heterocycles. The van der Waals surface area contributed by atoms with E-state index in [1.807, 2.05) is 0 Å². The molecule has 6 heteroatoms. The minimum atomic E-state index is -1.21. The molecule has 0 aromatic heterocycles. The van der Waals surface area contributed by atoms with E-state index in [0.717, 1.165) is 6.07 Å². The van der Waals surface area contributed by atoms with Gasteiger partial charge in [0.05, 0.1) is 10.5 Å². The van der Waals surface area contributed by atoms with E-state index in [-0.39, 0.29) is 16.8 Å². The maximum Gasteiger partial charge on any atom is 0.335 e. The number of benzene rings is 1. The molecule has 5 nitrogen and oxygen atoms in total. The van der Waals surface area contributed by atoms with Crippen molar-refractivity contribution >= 4 is 23.3 Å². The number of carboxylic acid groups (broad SMARTS) is 1. The molecule has 0 aliphatic carbocycles. The number of hydrogen-bond acceptors (Lipinski definition) is 3. The molecule has 0 heterocycles. The van der Waals surface area contributed by atoms with E-state index in [2.05, 4.69) is 11.8 Å². The van der Waals surface area contributed by atoms with E-state index in [0.29, 0.717) is 12.3 Å². The lowest BCUT2D eigenvalue weighted by molar-refractivity contribution is -0.385. The molecular formula is C11H8ClNO4. The van der Waals surface area contributed by atoms with Crippen LogP contribution in [0.1, 0.15) is 22.3 Å². The van der Waals surface area contributed by atoms with Crippen molar-refractivity contribution in [3.8, 4) is 11.8 Å². The number of nitro groups is 1. The summed E-state index contributed by atoms with van der Waals surface area (Å²) in [6, 6.07) is 3.59. The average molecular weight is 254 g/mol. The molecular weight excluding hydrogens is 246 g/mol. The number of carbonyl (C=O) groups is 1. The molecule has 1 aromatic carbocycles. The first-order valence-electron chi connectivity index (χ1n) is 4.63. The molecule has 0 amide bonds. The summed E-state index contributed by atoms with van der Waals surface area (Å²) in [5.74, 6) is 4.38. The Morgan fingerprint density at radius 3 is 2.76 bits per heavy atom. The summed E-state index contributed by atoms with van der Waals surface area (Å²) >= 11 is 5.42. The zero-order valence-corrected chi connectivity index (χ0v) is 9.40. The van der Waals surface area contributed by atoms with Crippen molar-refractivity contribution in [1.82, 2.24) is 0 Å². The first kappa shape index (κ1) is 13.0. The fraction of sp³-hybridized carbons (Fsp3) is 0.182. The molecule has 0 aliphatic heterocycles. The quantitative estimate of drug-likeness (QED) is 0.388. The second-order valence-corrected chi connectivity index (χ2v) is 3.41. The molecule has 88 valence electrons. The van der Waals surface area contributed by atoms with Gasteiger partial charge in [-0.15, -0.1) is 11.6 Å². The number of carboxylic acids is 1. The molecule has 0 bridgehead atoms.